The molecule has 162 valence electrons. The zero-order chi connectivity index (χ0) is 22.0. The van der Waals surface area contributed by atoms with E-state index in [4.69, 9.17) is 4.74 Å². The molecule has 5 heteroatoms. The predicted octanol–water partition coefficient (Wildman–Crippen LogP) is 5.11. The molecule has 2 heterocycles. The average Bonchev–Trinajstić information content (AvgIpc) is 3.10. The average molecular weight is 419 g/mol. The number of aromatic carboxylic acids is 1. The summed E-state index contributed by atoms with van der Waals surface area (Å²) in [7, 11) is 0. The van der Waals surface area contributed by atoms with Crippen LogP contribution in [-0.2, 0) is 11.3 Å². The fraction of sp³-hybridized carbons (Fsp3) is 0.346. The van der Waals surface area contributed by atoms with E-state index in [1.165, 1.54) is 11.1 Å². The molecule has 0 radical (unpaired) electrons. The van der Waals surface area contributed by atoms with Crippen molar-refractivity contribution in [1.82, 2.24) is 9.47 Å². The van der Waals surface area contributed by atoms with Gasteiger partial charge in [0.05, 0.1) is 24.5 Å². The van der Waals surface area contributed by atoms with Crippen LogP contribution in [0.3, 0.4) is 0 Å². The van der Waals surface area contributed by atoms with Crippen LogP contribution < -0.4 is 0 Å². The highest BCUT2D eigenvalue weighted by Gasteiger charge is 2.19. The molecule has 0 atom stereocenters. The van der Waals surface area contributed by atoms with Gasteiger partial charge in [0.2, 0.25) is 0 Å². The molecule has 31 heavy (non-hydrogen) atoms. The molecule has 1 aliphatic heterocycles. The molecule has 0 saturated carbocycles. The molecule has 0 bridgehead atoms. The molecule has 2 aromatic carbocycles. The molecular formula is C26H30N2O3. The smallest absolute Gasteiger partial charge is 0.335 e. The molecule has 0 amide bonds. The van der Waals surface area contributed by atoms with Crippen LogP contribution in [0.2, 0.25) is 0 Å². The minimum absolute atomic E-state index is 0.293. The molecule has 1 saturated heterocycles. The number of rotatable bonds is 6. The van der Waals surface area contributed by atoms with Gasteiger partial charge in [0, 0.05) is 31.0 Å². The second kappa shape index (κ2) is 9.08. The van der Waals surface area contributed by atoms with Crippen LogP contribution in [0, 0.1) is 6.92 Å². The zero-order valence-electron chi connectivity index (χ0n) is 18.5. The Hall–Kier alpha value is -2.89. The second-order valence-electron chi connectivity index (χ2n) is 8.50. The van der Waals surface area contributed by atoms with E-state index in [9.17, 15) is 9.90 Å². The van der Waals surface area contributed by atoms with E-state index in [1.807, 2.05) is 12.1 Å². The van der Waals surface area contributed by atoms with Gasteiger partial charge in [-0.3, -0.25) is 4.90 Å². The maximum Gasteiger partial charge on any atom is 0.335 e. The Morgan fingerprint density at radius 2 is 1.77 bits per heavy atom. The zero-order valence-corrected chi connectivity index (χ0v) is 18.5. The summed E-state index contributed by atoms with van der Waals surface area (Å²) in [5.74, 6) is -0.435. The van der Waals surface area contributed by atoms with Crippen LogP contribution in [0.25, 0.3) is 16.9 Å². The van der Waals surface area contributed by atoms with Gasteiger partial charge in [0.1, 0.15) is 0 Å². The summed E-state index contributed by atoms with van der Waals surface area (Å²) >= 11 is 0. The van der Waals surface area contributed by atoms with Crippen molar-refractivity contribution in [2.24, 2.45) is 0 Å². The first-order valence-electron chi connectivity index (χ1n) is 10.9. The number of carboxylic acids is 1. The van der Waals surface area contributed by atoms with Gasteiger partial charge in [0.15, 0.2) is 0 Å². The second-order valence-corrected chi connectivity index (χ2v) is 8.50. The highest BCUT2D eigenvalue weighted by Crippen LogP contribution is 2.31. The summed E-state index contributed by atoms with van der Waals surface area (Å²) in [6, 6.07) is 18.1. The van der Waals surface area contributed by atoms with Gasteiger partial charge in [-0.05, 0) is 53.8 Å². The normalized spacial score (nSPS) is 14.8. The lowest BCUT2D eigenvalue weighted by molar-refractivity contribution is 0.0341. The molecule has 5 nitrogen and oxygen atoms in total. The molecule has 3 aromatic rings. The minimum Gasteiger partial charge on any atom is -0.478 e. The number of aromatic nitrogens is 1. The third kappa shape index (κ3) is 4.58. The van der Waals surface area contributed by atoms with Crippen molar-refractivity contribution >= 4 is 5.97 Å². The first kappa shape index (κ1) is 21.3. The van der Waals surface area contributed by atoms with E-state index in [-0.39, 0.29) is 0 Å². The van der Waals surface area contributed by atoms with E-state index >= 15 is 0 Å². The Labute approximate surface area is 183 Å². The fourth-order valence-electron chi connectivity index (χ4n) is 4.18. The van der Waals surface area contributed by atoms with Crippen molar-refractivity contribution in [2.45, 2.75) is 33.2 Å². The van der Waals surface area contributed by atoms with Crippen LogP contribution >= 0.6 is 0 Å². The van der Waals surface area contributed by atoms with Crippen molar-refractivity contribution in [3.63, 3.8) is 0 Å². The molecule has 0 aliphatic carbocycles. The van der Waals surface area contributed by atoms with Gasteiger partial charge >= 0.3 is 5.97 Å². The van der Waals surface area contributed by atoms with Crippen LogP contribution in [0.4, 0.5) is 0 Å². The summed E-state index contributed by atoms with van der Waals surface area (Å²) in [6.45, 7) is 10.8. The van der Waals surface area contributed by atoms with Crippen LogP contribution in [-0.4, -0.2) is 46.8 Å². The quantitative estimate of drug-likeness (QED) is 0.605. The SMILES string of the molecule is Cc1c(CN2CCOCC2)cc(-c2ccc(C(C)C)cc2)n1-c1cccc(C(=O)O)c1. The lowest BCUT2D eigenvalue weighted by atomic mass is 10.0. The Morgan fingerprint density at radius 3 is 2.42 bits per heavy atom. The Morgan fingerprint density at radius 1 is 1.06 bits per heavy atom. The summed E-state index contributed by atoms with van der Waals surface area (Å²) in [5, 5.41) is 9.49. The number of ether oxygens (including phenoxy) is 1. The number of morpholine rings is 1. The largest absolute Gasteiger partial charge is 0.478 e. The number of carbonyl (C=O) groups is 1. The summed E-state index contributed by atoms with van der Waals surface area (Å²) in [5.41, 5.74) is 7.07. The van der Waals surface area contributed by atoms with Crippen molar-refractivity contribution < 1.29 is 14.6 Å². The number of nitrogens with zero attached hydrogens (tertiary/aromatic N) is 2. The molecule has 0 unspecified atom stereocenters. The molecule has 1 N–H and O–H groups in total. The minimum atomic E-state index is -0.914. The topological polar surface area (TPSA) is 54.7 Å². The number of carboxylic acid groups (broad SMARTS) is 1. The molecule has 4 rings (SSSR count). The van der Waals surface area contributed by atoms with Crippen molar-refractivity contribution in [2.75, 3.05) is 26.3 Å². The Bertz CT molecular complexity index is 1060. The molecule has 0 spiro atoms. The Kier molecular flexibility index (Phi) is 6.25. The maximum atomic E-state index is 11.6. The standard InChI is InChI=1S/C26H30N2O3/c1-18(2)20-7-9-21(10-8-20)25-16-23(17-27-11-13-31-14-12-27)19(3)28(25)24-6-4-5-22(15-24)26(29)30/h4-10,15-16,18H,11-14,17H2,1-3H3,(H,29,30). The van der Waals surface area contributed by atoms with Gasteiger partial charge in [-0.1, -0.05) is 44.2 Å². The number of hydrogen-bond acceptors (Lipinski definition) is 3. The van der Waals surface area contributed by atoms with Gasteiger partial charge < -0.3 is 14.4 Å². The van der Waals surface area contributed by atoms with E-state index < -0.39 is 5.97 Å². The fourth-order valence-corrected chi connectivity index (χ4v) is 4.18. The lowest BCUT2D eigenvalue weighted by Crippen LogP contribution is -2.35. The lowest BCUT2D eigenvalue weighted by Gasteiger charge is -2.26. The van der Waals surface area contributed by atoms with E-state index in [2.05, 4.69) is 60.6 Å². The van der Waals surface area contributed by atoms with Crippen LogP contribution in [0.15, 0.2) is 54.6 Å². The molecule has 1 fully saturated rings. The predicted molar refractivity (Wildman–Crippen MR) is 123 cm³/mol. The summed E-state index contributed by atoms with van der Waals surface area (Å²) < 4.78 is 7.69. The molecule has 1 aliphatic rings. The number of hydrogen-bond donors (Lipinski definition) is 1. The van der Waals surface area contributed by atoms with Crippen molar-refractivity contribution in [3.05, 3.63) is 77.0 Å². The van der Waals surface area contributed by atoms with Crippen molar-refractivity contribution in [1.29, 1.82) is 0 Å². The van der Waals surface area contributed by atoms with Crippen LogP contribution in [0.5, 0.6) is 0 Å². The molecule has 1 aromatic heterocycles. The molecular weight excluding hydrogens is 388 g/mol. The van der Waals surface area contributed by atoms with Gasteiger partial charge in [-0.15, -0.1) is 0 Å². The van der Waals surface area contributed by atoms with E-state index in [0.717, 1.165) is 55.5 Å². The first-order valence-corrected chi connectivity index (χ1v) is 10.9. The third-order valence-electron chi connectivity index (χ3n) is 6.07. The van der Waals surface area contributed by atoms with Crippen LogP contribution in [0.1, 0.15) is 46.9 Å². The van der Waals surface area contributed by atoms with E-state index in [1.54, 1.807) is 12.1 Å². The Balaban J connectivity index is 1.80. The third-order valence-corrected chi connectivity index (χ3v) is 6.07. The number of benzene rings is 2. The van der Waals surface area contributed by atoms with Gasteiger partial charge in [-0.25, -0.2) is 4.79 Å². The monoisotopic (exact) mass is 418 g/mol. The highest BCUT2D eigenvalue weighted by molar-refractivity contribution is 5.88. The summed E-state index contributed by atoms with van der Waals surface area (Å²) in [6.07, 6.45) is 0. The van der Waals surface area contributed by atoms with E-state index in [0.29, 0.717) is 11.5 Å². The van der Waals surface area contributed by atoms with Gasteiger partial charge in [-0.2, -0.15) is 0 Å². The van der Waals surface area contributed by atoms with Crippen molar-refractivity contribution in [3.8, 4) is 16.9 Å². The maximum absolute atomic E-state index is 11.6. The highest BCUT2D eigenvalue weighted by atomic mass is 16.5. The first-order chi connectivity index (χ1) is 14.9. The van der Waals surface area contributed by atoms with Gasteiger partial charge in [0.25, 0.3) is 0 Å². The summed E-state index contributed by atoms with van der Waals surface area (Å²) in [4.78, 5) is 14.0.